The van der Waals surface area contributed by atoms with E-state index in [4.69, 9.17) is 4.74 Å². The molecule has 1 N–H and O–H groups in total. The van der Waals surface area contributed by atoms with Crippen molar-refractivity contribution in [3.63, 3.8) is 0 Å². The molecule has 2 aromatic carbocycles. The first-order valence-electron chi connectivity index (χ1n) is 10.4. The molecule has 0 aliphatic rings. The van der Waals surface area contributed by atoms with Crippen LogP contribution in [0.4, 0.5) is 5.69 Å². The Bertz CT molecular complexity index is 1400. The summed E-state index contributed by atoms with van der Waals surface area (Å²) in [4.78, 5) is 0. The zero-order valence-corrected chi connectivity index (χ0v) is 20.0. The minimum absolute atomic E-state index is 0.473. The van der Waals surface area contributed by atoms with Gasteiger partial charge in [0.2, 0.25) is 10.0 Å². The summed E-state index contributed by atoms with van der Waals surface area (Å²) in [7, 11) is -1.79. The topological polar surface area (TPSA) is 84.1 Å². The Labute approximate surface area is 195 Å². The first-order chi connectivity index (χ1) is 15.7. The number of ether oxygens (including phenoxy) is 1. The van der Waals surface area contributed by atoms with Crippen LogP contribution < -0.4 is 4.72 Å². The van der Waals surface area contributed by atoms with Crippen LogP contribution in [0.25, 0.3) is 27.7 Å². The number of methoxy groups -OCH3 is 1. The number of benzene rings is 2. The lowest BCUT2D eigenvalue weighted by molar-refractivity contribution is 0.309. The van der Waals surface area contributed by atoms with E-state index in [9.17, 15) is 13.7 Å². The molecule has 0 saturated heterocycles. The van der Waals surface area contributed by atoms with E-state index in [-0.39, 0.29) is 0 Å². The zero-order valence-electron chi connectivity index (χ0n) is 19.2. The molecule has 0 fully saturated rings. The Kier molecular flexibility index (Phi) is 7.10. The van der Waals surface area contributed by atoms with E-state index in [0.717, 1.165) is 39.6 Å². The molecule has 0 unspecified atom stereocenters. The molecule has 0 spiro atoms. The van der Waals surface area contributed by atoms with Gasteiger partial charge in [-0.1, -0.05) is 36.9 Å². The molecule has 1 aromatic heterocycles. The van der Waals surface area contributed by atoms with Gasteiger partial charge in [-0.15, -0.1) is 0 Å². The van der Waals surface area contributed by atoms with Gasteiger partial charge in [-0.2, -0.15) is 5.26 Å². The van der Waals surface area contributed by atoms with Crippen LogP contribution in [-0.2, 0) is 21.3 Å². The molecule has 0 bridgehead atoms. The molecule has 33 heavy (non-hydrogen) atoms. The van der Waals surface area contributed by atoms with Crippen molar-refractivity contribution < 1.29 is 13.2 Å². The maximum atomic E-state index is 11.5. The smallest absolute Gasteiger partial charge is 0.229 e. The molecule has 3 aromatic rings. The van der Waals surface area contributed by atoms with Gasteiger partial charge in [0.15, 0.2) is 0 Å². The van der Waals surface area contributed by atoms with E-state index in [2.05, 4.69) is 21.9 Å². The van der Waals surface area contributed by atoms with Crippen LogP contribution in [-0.4, -0.2) is 26.4 Å². The van der Waals surface area contributed by atoms with Crippen molar-refractivity contribution in [3.05, 3.63) is 84.2 Å². The van der Waals surface area contributed by atoms with Crippen LogP contribution in [0.3, 0.4) is 0 Å². The largest absolute Gasteiger partial charge is 0.497 e. The lowest BCUT2D eigenvalue weighted by atomic mass is 10.00. The normalized spacial score (nSPS) is 12.2. The Morgan fingerprint density at radius 1 is 1.24 bits per heavy atom. The van der Waals surface area contributed by atoms with Crippen LogP contribution in [0.5, 0.6) is 0 Å². The van der Waals surface area contributed by atoms with Gasteiger partial charge in [0.1, 0.15) is 11.8 Å². The SMILES string of the molecule is C=C(/C=C(\C=C/C)c1ccc2c(c1)c(C#N)c(-c1ccc(NS(C)(=O)=O)cc1)n2CC)OC. The number of nitrogens with zero attached hydrogens (tertiary/aromatic N) is 2. The second kappa shape index (κ2) is 9.80. The minimum atomic E-state index is -3.36. The maximum Gasteiger partial charge on any atom is 0.229 e. The van der Waals surface area contributed by atoms with Crippen molar-refractivity contribution in [1.82, 2.24) is 4.57 Å². The molecule has 0 aliphatic carbocycles. The van der Waals surface area contributed by atoms with Gasteiger partial charge in [0.25, 0.3) is 0 Å². The fourth-order valence-electron chi connectivity index (χ4n) is 3.83. The number of sulfonamides is 1. The lowest BCUT2D eigenvalue weighted by Gasteiger charge is -2.10. The highest BCUT2D eigenvalue weighted by Gasteiger charge is 2.19. The highest BCUT2D eigenvalue weighted by Crippen LogP contribution is 2.36. The third-order valence-corrected chi connectivity index (χ3v) is 5.82. The Hall–Kier alpha value is -3.76. The van der Waals surface area contributed by atoms with Crippen molar-refractivity contribution >= 4 is 32.2 Å². The average molecular weight is 462 g/mol. The minimum Gasteiger partial charge on any atom is -0.497 e. The molecule has 0 aliphatic heterocycles. The van der Waals surface area contributed by atoms with Gasteiger partial charge in [0.05, 0.1) is 24.6 Å². The van der Waals surface area contributed by atoms with Crippen molar-refractivity contribution in [2.75, 3.05) is 18.1 Å². The zero-order chi connectivity index (χ0) is 24.2. The molecule has 1 heterocycles. The molecule has 3 rings (SSSR count). The van der Waals surface area contributed by atoms with Gasteiger partial charge in [-0.3, -0.25) is 4.72 Å². The summed E-state index contributed by atoms with van der Waals surface area (Å²) in [5.74, 6) is 0.540. The first-order valence-corrected chi connectivity index (χ1v) is 12.3. The van der Waals surface area contributed by atoms with Crippen molar-refractivity contribution in [2.24, 2.45) is 0 Å². The quantitative estimate of drug-likeness (QED) is 0.345. The Morgan fingerprint density at radius 3 is 2.48 bits per heavy atom. The summed E-state index contributed by atoms with van der Waals surface area (Å²) in [6.45, 7) is 8.53. The molecule has 0 saturated carbocycles. The molecule has 0 atom stereocenters. The van der Waals surface area contributed by atoms with E-state index >= 15 is 0 Å². The number of rotatable bonds is 8. The van der Waals surface area contributed by atoms with E-state index in [1.54, 1.807) is 19.2 Å². The summed E-state index contributed by atoms with van der Waals surface area (Å²) in [5, 5.41) is 10.9. The standard InChI is InChI=1S/C26H27N3O3S/c1-6-8-20(15-18(3)32-4)21-11-14-25-23(16-21)24(17-27)26(29(25)7-2)19-9-12-22(13-10-19)28-33(5,30)31/h6,8-16,28H,3,7H2,1-2,4-5H3/b8-6-,20-15+. The fraction of sp³-hybridized carbons (Fsp3) is 0.192. The summed E-state index contributed by atoms with van der Waals surface area (Å²) < 4.78 is 32.8. The fourth-order valence-corrected chi connectivity index (χ4v) is 4.39. The van der Waals surface area contributed by atoms with Gasteiger partial charge in [-0.05, 0) is 60.9 Å². The van der Waals surface area contributed by atoms with E-state index in [0.29, 0.717) is 23.6 Å². The van der Waals surface area contributed by atoms with Crippen LogP contribution in [0, 0.1) is 11.3 Å². The Morgan fingerprint density at radius 2 is 1.94 bits per heavy atom. The average Bonchev–Trinajstić information content (AvgIpc) is 3.10. The van der Waals surface area contributed by atoms with Crippen molar-refractivity contribution in [1.29, 1.82) is 5.26 Å². The van der Waals surface area contributed by atoms with E-state index in [1.165, 1.54) is 0 Å². The number of hydrogen-bond donors (Lipinski definition) is 1. The predicted octanol–water partition coefficient (Wildman–Crippen LogP) is 5.69. The van der Waals surface area contributed by atoms with Crippen LogP contribution in [0.1, 0.15) is 25.0 Å². The molecular weight excluding hydrogens is 434 g/mol. The van der Waals surface area contributed by atoms with Crippen LogP contribution >= 0.6 is 0 Å². The number of fused-ring (bicyclic) bond motifs is 1. The summed E-state index contributed by atoms with van der Waals surface area (Å²) in [5.41, 5.74) is 5.51. The number of hydrogen-bond acceptors (Lipinski definition) is 4. The molecule has 170 valence electrons. The van der Waals surface area contributed by atoms with Crippen LogP contribution in [0.15, 0.2) is 73.0 Å². The van der Waals surface area contributed by atoms with Gasteiger partial charge in [0, 0.05) is 23.1 Å². The Balaban J connectivity index is 2.20. The molecule has 7 heteroatoms. The van der Waals surface area contributed by atoms with Gasteiger partial charge >= 0.3 is 0 Å². The third kappa shape index (κ3) is 5.18. The second-order valence-electron chi connectivity index (χ2n) is 7.53. The van der Waals surface area contributed by atoms with Crippen LogP contribution in [0.2, 0.25) is 0 Å². The molecular formula is C26H27N3O3S. The van der Waals surface area contributed by atoms with Gasteiger partial charge < -0.3 is 9.30 Å². The summed E-state index contributed by atoms with van der Waals surface area (Å²) in [6.07, 6.45) is 6.89. The molecule has 6 nitrogen and oxygen atoms in total. The number of allylic oxidation sites excluding steroid dienone is 4. The maximum absolute atomic E-state index is 11.5. The number of aromatic nitrogens is 1. The highest BCUT2D eigenvalue weighted by atomic mass is 32.2. The first kappa shape index (κ1) is 23.9. The molecule has 0 amide bonds. The number of nitrogens with one attached hydrogen (secondary N) is 1. The molecule has 0 radical (unpaired) electrons. The second-order valence-corrected chi connectivity index (χ2v) is 9.28. The summed E-state index contributed by atoms with van der Waals surface area (Å²) in [6, 6.07) is 15.5. The summed E-state index contributed by atoms with van der Waals surface area (Å²) >= 11 is 0. The monoisotopic (exact) mass is 461 g/mol. The number of anilines is 1. The van der Waals surface area contributed by atoms with E-state index < -0.39 is 10.0 Å². The number of aryl methyl sites for hydroxylation is 1. The van der Waals surface area contributed by atoms with E-state index in [1.807, 2.05) is 62.4 Å². The van der Waals surface area contributed by atoms with Crippen molar-refractivity contribution in [3.8, 4) is 17.3 Å². The number of nitriles is 1. The third-order valence-electron chi connectivity index (χ3n) is 5.21. The predicted molar refractivity (Wildman–Crippen MR) is 135 cm³/mol. The highest BCUT2D eigenvalue weighted by molar-refractivity contribution is 7.92. The lowest BCUT2D eigenvalue weighted by Crippen LogP contribution is -2.09. The van der Waals surface area contributed by atoms with Crippen molar-refractivity contribution in [2.45, 2.75) is 20.4 Å². The van der Waals surface area contributed by atoms with Gasteiger partial charge in [-0.25, -0.2) is 8.42 Å².